The van der Waals surface area contributed by atoms with Crippen LogP contribution in [0.5, 0.6) is 5.75 Å². The maximum Gasteiger partial charge on any atom is 0.321 e. The molecular weight excluding hydrogens is 338 g/mol. The van der Waals surface area contributed by atoms with E-state index < -0.39 is 11.4 Å². The predicted molar refractivity (Wildman–Crippen MR) is 96.2 cm³/mol. The molecule has 0 bridgehead atoms. The van der Waals surface area contributed by atoms with Crippen LogP contribution in [0.3, 0.4) is 0 Å². The summed E-state index contributed by atoms with van der Waals surface area (Å²) in [6.07, 6.45) is 0.866. The number of likely N-dealkylation sites (N-methyl/N-ethyl adjacent to an activating group) is 1. The van der Waals surface area contributed by atoms with Crippen LogP contribution in [0.2, 0.25) is 0 Å². The fourth-order valence-electron chi connectivity index (χ4n) is 2.65. The van der Waals surface area contributed by atoms with Gasteiger partial charge in [-0.05, 0) is 51.0 Å². The first kappa shape index (κ1) is 19.6. The van der Waals surface area contributed by atoms with Crippen LogP contribution in [0.1, 0.15) is 26.7 Å². The Kier molecular flexibility index (Phi) is 6.43. The third-order valence-corrected chi connectivity index (χ3v) is 4.52. The summed E-state index contributed by atoms with van der Waals surface area (Å²) < 4.78 is 5.35. The molecule has 1 aliphatic heterocycles. The van der Waals surface area contributed by atoms with Crippen LogP contribution in [0.15, 0.2) is 24.3 Å². The van der Waals surface area contributed by atoms with E-state index in [9.17, 15) is 19.5 Å². The molecule has 0 unspecified atom stereocenters. The first-order chi connectivity index (χ1) is 12.3. The number of carbonyl (C=O) groups excluding carboxylic acids is 2. The Labute approximate surface area is 152 Å². The van der Waals surface area contributed by atoms with Crippen LogP contribution in [-0.2, 0) is 9.59 Å². The second-order valence-electron chi connectivity index (χ2n) is 6.55. The molecule has 26 heavy (non-hydrogen) atoms. The van der Waals surface area contributed by atoms with Gasteiger partial charge in [0.05, 0.1) is 5.41 Å². The van der Waals surface area contributed by atoms with E-state index in [0.29, 0.717) is 43.9 Å². The van der Waals surface area contributed by atoms with Crippen LogP contribution in [0.4, 0.5) is 10.5 Å². The molecule has 1 aliphatic rings. The molecule has 1 saturated heterocycles. The summed E-state index contributed by atoms with van der Waals surface area (Å²) in [6, 6.07) is 6.47. The lowest BCUT2D eigenvalue weighted by Crippen LogP contribution is -2.46. The smallest absolute Gasteiger partial charge is 0.321 e. The lowest BCUT2D eigenvalue weighted by molar-refractivity contribution is -0.150. The quantitative estimate of drug-likeness (QED) is 0.716. The molecule has 3 N–H and O–H groups in total. The average Bonchev–Trinajstić information content (AvgIpc) is 2.62. The van der Waals surface area contributed by atoms with Crippen LogP contribution < -0.4 is 15.4 Å². The normalized spacial score (nSPS) is 15.8. The van der Waals surface area contributed by atoms with E-state index in [1.807, 2.05) is 6.92 Å². The number of carboxylic acid groups (broad SMARTS) is 1. The molecule has 2 rings (SSSR count). The summed E-state index contributed by atoms with van der Waals surface area (Å²) in [5.74, 6) is -0.478. The molecule has 8 heteroatoms. The Morgan fingerprint density at radius 3 is 2.35 bits per heavy atom. The summed E-state index contributed by atoms with van der Waals surface area (Å²) in [5.41, 5.74) is -0.160. The van der Waals surface area contributed by atoms with Gasteiger partial charge in [0, 0.05) is 25.3 Å². The number of carbonyl (C=O) groups is 3. The van der Waals surface area contributed by atoms with Gasteiger partial charge in [0.25, 0.3) is 5.91 Å². The number of piperidine rings is 1. The van der Waals surface area contributed by atoms with Gasteiger partial charge < -0.3 is 25.4 Å². The third kappa shape index (κ3) is 5.11. The van der Waals surface area contributed by atoms with Gasteiger partial charge in [-0.1, -0.05) is 0 Å². The predicted octanol–water partition coefficient (Wildman–Crippen LogP) is 1.92. The number of nitrogens with zero attached hydrogens (tertiary/aromatic N) is 1. The number of hydrogen-bond acceptors (Lipinski definition) is 4. The van der Waals surface area contributed by atoms with Gasteiger partial charge in [0.2, 0.25) is 0 Å². The molecule has 0 aliphatic carbocycles. The van der Waals surface area contributed by atoms with Crippen molar-refractivity contribution in [2.45, 2.75) is 26.7 Å². The number of likely N-dealkylation sites (tertiary alicyclic amines) is 1. The lowest BCUT2D eigenvalue weighted by atomic mass is 9.80. The summed E-state index contributed by atoms with van der Waals surface area (Å²) in [5, 5.41) is 14.7. The number of urea groups is 1. The van der Waals surface area contributed by atoms with Crippen molar-refractivity contribution in [3.8, 4) is 5.75 Å². The first-order valence-electron chi connectivity index (χ1n) is 8.63. The van der Waals surface area contributed by atoms with Gasteiger partial charge in [-0.3, -0.25) is 9.59 Å². The Morgan fingerprint density at radius 2 is 1.81 bits per heavy atom. The van der Waals surface area contributed by atoms with Crippen LogP contribution in [0.25, 0.3) is 0 Å². The average molecular weight is 363 g/mol. The molecule has 8 nitrogen and oxygen atoms in total. The highest BCUT2D eigenvalue weighted by molar-refractivity contribution is 5.89. The third-order valence-electron chi connectivity index (χ3n) is 4.52. The maximum atomic E-state index is 12.3. The summed E-state index contributed by atoms with van der Waals surface area (Å²) in [7, 11) is 0. The zero-order chi connectivity index (χ0) is 19.2. The Balaban J connectivity index is 1.82. The van der Waals surface area contributed by atoms with Crippen molar-refractivity contribution in [2.24, 2.45) is 5.41 Å². The van der Waals surface area contributed by atoms with E-state index in [4.69, 9.17) is 4.74 Å². The maximum absolute atomic E-state index is 12.3. The van der Waals surface area contributed by atoms with E-state index in [1.165, 1.54) is 0 Å². The molecule has 1 heterocycles. The van der Waals surface area contributed by atoms with E-state index in [0.717, 1.165) is 0 Å². The molecule has 0 atom stereocenters. The van der Waals surface area contributed by atoms with Gasteiger partial charge in [-0.2, -0.15) is 0 Å². The Hall–Kier alpha value is -2.77. The van der Waals surface area contributed by atoms with Crippen molar-refractivity contribution in [3.63, 3.8) is 0 Å². The molecule has 3 amide bonds. The number of anilines is 1. The van der Waals surface area contributed by atoms with Gasteiger partial charge in [0.15, 0.2) is 6.61 Å². The Bertz CT molecular complexity index is 651. The van der Waals surface area contributed by atoms with Crippen molar-refractivity contribution in [3.05, 3.63) is 24.3 Å². The summed E-state index contributed by atoms with van der Waals surface area (Å²) >= 11 is 0. The van der Waals surface area contributed by atoms with Gasteiger partial charge in [-0.25, -0.2) is 4.79 Å². The zero-order valence-corrected chi connectivity index (χ0v) is 15.1. The Morgan fingerprint density at radius 1 is 1.19 bits per heavy atom. The highest BCUT2D eigenvalue weighted by Gasteiger charge is 2.38. The molecule has 1 fully saturated rings. The number of nitrogens with one attached hydrogen (secondary N) is 2. The molecule has 0 spiro atoms. The second-order valence-corrected chi connectivity index (χ2v) is 6.55. The molecule has 1 aromatic carbocycles. The largest absolute Gasteiger partial charge is 0.484 e. The standard InChI is InChI=1S/C18H25N3O5/c1-3-19-15(22)12-26-14-6-4-13(5-7-14)20-17(25)21-10-8-18(2,9-11-21)16(23)24/h4-7H,3,8-12H2,1-2H3,(H,19,22)(H,20,25)(H,23,24). The monoisotopic (exact) mass is 363 g/mol. The number of aliphatic carboxylic acids is 1. The first-order valence-corrected chi connectivity index (χ1v) is 8.63. The van der Waals surface area contributed by atoms with E-state index >= 15 is 0 Å². The topological polar surface area (TPSA) is 108 Å². The van der Waals surface area contributed by atoms with Gasteiger partial charge in [0.1, 0.15) is 5.75 Å². The van der Waals surface area contributed by atoms with Crippen LogP contribution in [0, 0.1) is 5.41 Å². The molecule has 0 aromatic heterocycles. The van der Waals surface area contributed by atoms with E-state index in [1.54, 1.807) is 36.1 Å². The van der Waals surface area contributed by atoms with Crippen LogP contribution >= 0.6 is 0 Å². The SMILES string of the molecule is CCNC(=O)COc1ccc(NC(=O)N2CCC(C)(C(=O)O)CC2)cc1. The van der Waals surface area contributed by atoms with E-state index in [-0.39, 0.29) is 18.5 Å². The van der Waals surface area contributed by atoms with Crippen molar-refractivity contribution in [2.75, 3.05) is 31.6 Å². The van der Waals surface area contributed by atoms with Crippen LogP contribution in [-0.4, -0.2) is 54.2 Å². The number of benzene rings is 1. The van der Waals surface area contributed by atoms with Crippen molar-refractivity contribution < 1.29 is 24.2 Å². The van der Waals surface area contributed by atoms with E-state index in [2.05, 4.69) is 10.6 Å². The number of carboxylic acids is 1. The number of hydrogen-bond donors (Lipinski definition) is 3. The molecule has 1 aromatic rings. The minimum atomic E-state index is -0.819. The summed E-state index contributed by atoms with van der Waals surface area (Å²) in [4.78, 5) is 36.5. The fourth-order valence-corrected chi connectivity index (χ4v) is 2.65. The second kappa shape index (κ2) is 8.55. The van der Waals surface area contributed by atoms with Crippen molar-refractivity contribution in [1.29, 1.82) is 0 Å². The lowest BCUT2D eigenvalue weighted by Gasteiger charge is -2.36. The number of rotatable bonds is 6. The molecule has 0 radical (unpaired) electrons. The fraction of sp³-hybridized carbons (Fsp3) is 0.500. The summed E-state index contributed by atoms with van der Waals surface area (Å²) in [6.45, 7) is 4.85. The highest BCUT2D eigenvalue weighted by atomic mass is 16.5. The minimum absolute atomic E-state index is 0.0599. The van der Waals surface area contributed by atoms with Gasteiger partial charge >= 0.3 is 12.0 Å². The molecule has 0 saturated carbocycles. The highest BCUT2D eigenvalue weighted by Crippen LogP contribution is 2.31. The minimum Gasteiger partial charge on any atom is -0.484 e. The van der Waals surface area contributed by atoms with Crippen molar-refractivity contribution >= 4 is 23.6 Å². The molecule has 142 valence electrons. The number of amides is 3. The zero-order valence-electron chi connectivity index (χ0n) is 15.1. The van der Waals surface area contributed by atoms with Crippen molar-refractivity contribution in [1.82, 2.24) is 10.2 Å². The van der Waals surface area contributed by atoms with Gasteiger partial charge in [-0.15, -0.1) is 0 Å². The number of ether oxygens (including phenoxy) is 1. The molecular formula is C18H25N3O5.